The Morgan fingerprint density at radius 3 is 2.64 bits per heavy atom. The molecule has 120 valence electrons. The van der Waals surface area contributed by atoms with Gasteiger partial charge in [0.05, 0.1) is 24.4 Å². The molecule has 0 aliphatic rings. The summed E-state index contributed by atoms with van der Waals surface area (Å²) in [4.78, 5) is 4.69. The van der Waals surface area contributed by atoms with Crippen molar-refractivity contribution in [3.8, 4) is 11.5 Å². The van der Waals surface area contributed by atoms with Gasteiger partial charge >= 0.3 is 0 Å². The van der Waals surface area contributed by atoms with E-state index in [2.05, 4.69) is 24.2 Å². The highest BCUT2D eigenvalue weighted by Gasteiger charge is 2.24. The molecular formula is C17H24N2O2S. The summed E-state index contributed by atoms with van der Waals surface area (Å²) < 4.78 is 11.2. The van der Waals surface area contributed by atoms with Crippen molar-refractivity contribution in [3.05, 3.63) is 40.3 Å². The molecule has 1 aromatic heterocycles. The Morgan fingerprint density at radius 1 is 1.23 bits per heavy atom. The van der Waals surface area contributed by atoms with Crippen LogP contribution >= 0.6 is 11.3 Å². The number of aromatic nitrogens is 1. The van der Waals surface area contributed by atoms with Crippen molar-refractivity contribution in [2.75, 3.05) is 20.3 Å². The van der Waals surface area contributed by atoms with Gasteiger partial charge in [-0.1, -0.05) is 26.0 Å². The number of nitrogens with zero attached hydrogens (tertiary/aromatic N) is 1. The summed E-state index contributed by atoms with van der Waals surface area (Å²) in [6, 6.07) is 7.71. The number of ether oxygens (including phenoxy) is 2. The van der Waals surface area contributed by atoms with Crippen LogP contribution in [0.2, 0.25) is 0 Å². The number of para-hydroxylation sites is 2. The summed E-state index contributed by atoms with van der Waals surface area (Å²) in [5.41, 5.74) is 6.65. The zero-order valence-corrected chi connectivity index (χ0v) is 14.3. The Morgan fingerprint density at radius 2 is 1.95 bits per heavy atom. The summed E-state index contributed by atoms with van der Waals surface area (Å²) in [5, 5.41) is 3.24. The number of thiazole rings is 1. The SMILES string of the molecule is COc1ccccc1OCCC(C)(C)c1nc(CCN)cs1. The van der Waals surface area contributed by atoms with E-state index in [-0.39, 0.29) is 5.41 Å². The van der Waals surface area contributed by atoms with Crippen molar-refractivity contribution < 1.29 is 9.47 Å². The van der Waals surface area contributed by atoms with E-state index in [1.807, 2.05) is 24.3 Å². The summed E-state index contributed by atoms with van der Waals surface area (Å²) in [6.07, 6.45) is 1.73. The van der Waals surface area contributed by atoms with E-state index in [9.17, 15) is 0 Å². The second kappa shape index (κ2) is 7.61. The van der Waals surface area contributed by atoms with Crippen molar-refractivity contribution in [3.63, 3.8) is 0 Å². The van der Waals surface area contributed by atoms with Crippen LogP contribution in [0.5, 0.6) is 11.5 Å². The maximum atomic E-state index is 5.87. The number of hydrogen-bond donors (Lipinski definition) is 1. The molecule has 22 heavy (non-hydrogen) atoms. The number of rotatable bonds is 8. The molecule has 0 aliphatic heterocycles. The van der Waals surface area contributed by atoms with Crippen LogP contribution in [0.25, 0.3) is 0 Å². The van der Waals surface area contributed by atoms with Gasteiger partial charge in [-0.2, -0.15) is 0 Å². The molecule has 0 amide bonds. The monoisotopic (exact) mass is 320 g/mol. The van der Waals surface area contributed by atoms with E-state index in [1.165, 1.54) is 0 Å². The van der Waals surface area contributed by atoms with Gasteiger partial charge in [0.1, 0.15) is 0 Å². The first-order chi connectivity index (χ1) is 10.6. The quantitative estimate of drug-likeness (QED) is 0.810. The molecule has 1 aromatic carbocycles. The molecule has 5 heteroatoms. The lowest BCUT2D eigenvalue weighted by Gasteiger charge is -2.22. The van der Waals surface area contributed by atoms with Gasteiger partial charge in [0, 0.05) is 17.2 Å². The van der Waals surface area contributed by atoms with Crippen molar-refractivity contribution in [1.29, 1.82) is 0 Å². The second-order valence-corrected chi connectivity index (χ2v) is 6.67. The van der Waals surface area contributed by atoms with Gasteiger partial charge in [-0.05, 0) is 25.1 Å². The molecule has 0 radical (unpaired) electrons. The first kappa shape index (κ1) is 16.8. The molecule has 2 aromatic rings. The molecule has 0 bridgehead atoms. The minimum Gasteiger partial charge on any atom is -0.493 e. The predicted molar refractivity (Wildman–Crippen MR) is 91.0 cm³/mol. The molecule has 0 aliphatic carbocycles. The van der Waals surface area contributed by atoms with Gasteiger partial charge < -0.3 is 15.2 Å². The van der Waals surface area contributed by atoms with Crippen LogP contribution in [-0.2, 0) is 11.8 Å². The fraction of sp³-hybridized carbons (Fsp3) is 0.471. The van der Waals surface area contributed by atoms with Gasteiger partial charge in [-0.15, -0.1) is 11.3 Å². The molecule has 1 heterocycles. The number of nitrogens with two attached hydrogens (primary N) is 1. The standard InChI is InChI=1S/C17H24N2O2S/c1-17(2,16-19-13(8-10-18)12-22-16)9-11-21-15-7-5-4-6-14(15)20-3/h4-7,12H,8-11,18H2,1-3H3. The highest BCUT2D eigenvalue weighted by atomic mass is 32.1. The largest absolute Gasteiger partial charge is 0.493 e. The normalized spacial score (nSPS) is 11.5. The summed E-state index contributed by atoms with van der Waals surface area (Å²) in [7, 11) is 1.65. The smallest absolute Gasteiger partial charge is 0.161 e. The van der Waals surface area contributed by atoms with E-state index in [0.717, 1.165) is 35.0 Å². The van der Waals surface area contributed by atoms with E-state index in [0.29, 0.717) is 13.2 Å². The van der Waals surface area contributed by atoms with Crippen LogP contribution in [0.15, 0.2) is 29.6 Å². The van der Waals surface area contributed by atoms with Crippen LogP contribution in [0.4, 0.5) is 0 Å². The highest BCUT2D eigenvalue weighted by molar-refractivity contribution is 7.09. The van der Waals surface area contributed by atoms with Gasteiger partial charge in [0.2, 0.25) is 0 Å². The number of benzene rings is 1. The first-order valence-corrected chi connectivity index (χ1v) is 8.35. The van der Waals surface area contributed by atoms with Crippen molar-refractivity contribution in [1.82, 2.24) is 4.98 Å². The lowest BCUT2D eigenvalue weighted by atomic mass is 9.90. The van der Waals surface area contributed by atoms with Crippen LogP contribution in [0.3, 0.4) is 0 Å². The Hall–Kier alpha value is -1.59. The Labute approximate surface area is 136 Å². The molecular weight excluding hydrogens is 296 g/mol. The van der Waals surface area contributed by atoms with Crippen LogP contribution in [-0.4, -0.2) is 25.2 Å². The Balaban J connectivity index is 1.94. The van der Waals surface area contributed by atoms with Crippen molar-refractivity contribution in [2.45, 2.75) is 32.1 Å². The fourth-order valence-corrected chi connectivity index (χ4v) is 3.15. The molecule has 0 spiro atoms. The summed E-state index contributed by atoms with van der Waals surface area (Å²) in [6.45, 7) is 5.66. The van der Waals surface area contributed by atoms with Gasteiger partial charge in [0.25, 0.3) is 0 Å². The van der Waals surface area contributed by atoms with Gasteiger partial charge in [-0.25, -0.2) is 4.98 Å². The van der Waals surface area contributed by atoms with Crippen molar-refractivity contribution in [2.24, 2.45) is 5.73 Å². The molecule has 2 rings (SSSR count). The first-order valence-electron chi connectivity index (χ1n) is 7.47. The zero-order chi connectivity index (χ0) is 16.0. The molecule has 0 saturated heterocycles. The van der Waals surface area contributed by atoms with E-state index in [4.69, 9.17) is 15.2 Å². The van der Waals surface area contributed by atoms with Gasteiger partial charge in [0.15, 0.2) is 11.5 Å². The maximum Gasteiger partial charge on any atom is 0.161 e. The zero-order valence-electron chi connectivity index (χ0n) is 13.5. The molecule has 2 N–H and O–H groups in total. The molecule has 0 atom stereocenters. The lowest BCUT2D eigenvalue weighted by Crippen LogP contribution is -2.20. The van der Waals surface area contributed by atoms with Crippen LogP contribution < -0.4 is 15.2 Å². The Kier molecular flexibility index (Phi) is 5.80. The van der Waals surface area contributed by atoms with Crippen LogP contribution in [0.1, 0.15) is 31.0 Å². The lowest BCUT2D eigenvalue weighted by molar-refractivity contribution is 0.259. The van der Waals surface area contributed by atoms with Crippen LogP contribution in [0, 0.1) is 0 Å². The number of methoxy groups -OCH3 is 1. The minimum atomic E-state index is -0.0144. The Bertz CT molecular complexity index is 596. The van der Waals surface area contributed by atoms with E-state index < -0.39 is 0 Å². The third kappa shape index (κ3) is 4.21. The third-order valence-electron chi connectivity index (χ3n) is 3.58. The third-order valence-corrected chi connectivity index (χ3v) is 4.84. The summed E-state index contributed by atoms with van der Waals surface area (Å²) >= 11 is 1.70. The number of hydrogen-bond acceptors (Lipinski definition) is 5. The highest BCUT2D eigenvalue weighted by Crippen LogP contribution is 2.31. The minimum absolute atomic E-state index is 0.0144. The predicted octanol–water partition coefficient (Wildman–Crippen LogP) is 3.40. The van der Waals surface area contributed by atoms with E-state index in [1.54, 1.807) is 18.4 Å². The van der Waals surface area contributed by atoms with Crippen molar-refractivity contribution >= 4 is 11.3 Å². The molecule has 0 saturated carbocycles. The average Bonchev–Trinajstić information content (AvgIpc) is 2.97. The molecule has 0 fully saturated rings. The second-order valence-electron chi connectivity index (χ2n) is 5.82. The topological polar surface area (TPSA) is 57.4 Å². The fourth-order valence-electron chi connectivity index (χ4n) is 2.14. The summed E-state index contributed by atoms with van der Waals surface area (Å²) in [5.74, 6) is 1.54. The average molecular weight is 320 g/mol. The maximum absolute atomic E-state index is 5.87. The molecule has 4 nitrogen and oxygen atoms in total. The van der Waals surface area contributed by atoms with Gasteiger partial charge in [-0.3, -0.25) is 0 Å². The molecule has 0 unspecified atom stereocenters. The van der Waals surface area contributed by atoms with E-state index >= 15 is 0 Å².